The van der Waals surface area contributed by atoms with Crippen LogP contribution in [0.4, 0.5) is 11.5 Å². The van der Waals surface area contributed by atoms with Crippen molar-refractivity contribution >= 4 is 17.4 Å². The van der Waals surface area contributed by atoms with Gasteiger partial charge in [-0.25, -0.2) is 0 Å². The molecule has 1 amide bonds. The fraction of sp³-hybridized carbons (Fsp3) is 0.474. The molecule has 1 unspecified atom stereocenters. The maximum absolute atomic E-state index is 12.6. The predicted octanol–water partition coefficient (Wildman–Crippen LogP) is 2.21. The van der Waals surface area contributed by atoms with Gasteiger partial charge in [-0.2, -0.15) is 4.68 Å². The van der Waals surface area contributed by atoms with Gasteiger partial charge in [0.25, 0.3) is 0 Å². The summed E-state index contributed by atoms with van der Waals surface area (Å²) < 4.78 is 6.87. The van der Waals surface area contributed by atoms with Crippen molar-refractivity contribution in [1.82, 2.24) is 14.7 Å². The van der Waals surface area contributed by atoms with Gasteiger partial charge in [-0.05, 0) is 29.5 Å². The van der Waals surface area contributed by atoms with Crippen LogP contribution in [0.3, 0.4) is 0 Å². The molecule has 0 radical (unpaired) electrons. The number of anilines is 1. The van der Waals surface area contributed by atoms with Gasteiger partial charge in [0.15, 0.2) is 0 Å². The Hall–Kier alpha value is -2.78. The number of nitro groups is 1. The van der Waals surface area contributed by atoms with E-state index in [9.17, 15) is 14.9 Å². The lowest BCUT2D eigenvalue weighted by Gasteiger charge is -2.26. The number of aryl methyl sites for hydroxylation is 1. The van der Waals surface area contributed by atoms with Crippen LogP contribution >= 0.6 is 0 Å². The number of morpholine rings is 1. The minimum absolute atomic E-state index is 0.152. The van der Waals surface area contributed by atoms with E-state index >= 15 is 0 Å². The molecular formula is C19H25N5O4. The fourth-order valence-corrected chi connectivity index (χ4v) is 3.14. The van der Waals surface area contributed by atoms with Crippen molar-refractivity contribution in [1.29, 1.82) is 0 Å². The Balaban J connectivity index is 1.59. The van der Waals surface area contributed by atoms with Crippen molar-refractivity contribution < 1.29 is 14.5 Å². The van der Waals surface area contributed by atoms with Gasteiger partial charge in [-0.3, -0.25) is 9.69 Å². The summed E-state index contributed by atoms with van der Waals surface area (Å²) in [4.78, 5) is 25.2. The van der Waals surface area contributed by atoms with Crippen LogP contribution in [-0.2, 0) is 22.6 Å². The lowest BCUT2D eigenvalue weighted by Crippen LogP contribution is -2.35. The second-order valence-corrected chi connectivity index (χ2v) is 7.06. The van der Waals surface area contributed by atoms with Crippen LogP contribution in [-0.4, -0.2) is 51.8 Å². The molecule has 3 rings (SSSR count). The number of benzene rings is 1. The summed E-state index contributed by atoms with van der Waals surface area (Å²) in [5, 5.41) is 17.7. The average molecular weight is 387 g/mol. The van der Waals surface area contributed by atoms with Gasteiger partial charge < -0.3 is 20.2 Å². The number of aromatic nitrogens is 2. The van der Waals surface area contributed by atoms with Crippen LogP contribution in [0.15, 0.2) is 30.3 Å². The molecular weight excluding hydrogens is 362 g/mol. The first-order chi connectivity index (χ1) is 13.4. The Morgan fingerprint density at radius 2 is 2.11 bits per heavy atom. The number of carbonyl (C=O) groups excluding carboxylic acids is 1. The molecule has 9 heteroatoms. The van der Waals surface area contributed by atoms with E-state index in [1.54, 1.807) is 13.8 Å². The average Bonchev–Trinajstić information content (AvgIpc) is 3.03. The molecule has 150 valence electrons. The van der Waals surface area contributed by atoms with Crippen LogP contribution in [0.5, 0.6) is 0 Å². The molecule has 1 aromatic carbocycles. The highest BCUT2D eigenvalue weighted by Crippen LogP contribution is 2.16. The molecule has 1 aliphatic rings. The van der Waals surface area contributed by atoms with Crippen LogP contribution < -0.4 is 5.32 Å². The van der Waals surface area contributed by atoms with Crippen molar-refractivity contribution in [2.24, 2.45) is 5.92 Å². The van der Waals surface area contributed by atoms with Gasteiger partial charge in [-0.1, -0.05) is 19.1 Å². The van der Waals surface area contributed by atoms with E-state index in [0.29, 0.717) is 5.69 Å². The largest absolute Gasteiger partial charge is 0.390 e. The zero-order valence-electron chi connectivity index (χ0n) is 16.1. The first kappa shape index (κ1) is 20.0. The van der Waals surface area contributed by atoms with Crippen molar-refractivity contribution in [3.63, 3.8) is 0 Å². The number of amides is 1. The Morgan fingerprint density at radius 3 is 2.79 bits per heavy atom. The molecule has 1 atom stereocenters. The number of carbonyl (C=O) groups is 1. The summed E-state index contributed by atoms with van der Waals surface area (Å²) in [6, 6.07) is 9.21. The number of ether oxygens (including phenoxy) is 1. The standard InChI is InChI=1S/C19H25N5O4/c1-14(12-23-15(2)10-18(21-23)24(26)27)19(25)20-17-5-3-4-16(11-17)13-22-6-8-28-9-7-22/h3-5,10-11,14H,6-9,12-13H2,1-2H3,(H,20,25). The summed E-state index contributed by atoms with van der Waals surface area (Å²) >= 11 is 0. The molecule has 1 aromatic heterocycles. The number of nitrogens with zero attached hydrogens (tertiary/aromatic N) is 4. The van der Waals surface area contributed by atoms with Crippen molar-refractivity contribution in [3.8, 4) is 0 Å². The summed E-state index contributed by atoms with van der Waals surface area (Å²) in [5.74, 6) is -0.747. The SMILES string of the molecule is Cc1cc([N+](=O)[O-])nn1CC(C)C(=O)Nc1cccc(CN2CCOCC2)c1. The van der Waals surface area contributed by atoms with Gasteiger partial charge in [-0.15, -0.1) is 0 Å². The fourth-order valence-electron chi connectivity index (χ4n) is 3.14. The lowest BCUT2D eigenvalue weighted by atomic mass is 10.1. The zero-order valence-corrected chi connectivity index (χ0v) is 16.1. The minimum Gasteiger partial charge on any atom is -0.379 e. The lowest BCUT2D eigenvalue weighted by molar-refractivity contribution is -0.389. The molecule has 1 fully saturated rings. The molecule has 9 nitrogen and oxygen atoms in total. The summed E-state index contributed by atoms with van der Waals surface area (Å²) in [6.07, 6.45) is 0. The third kappa shape index (κ3) is 5.14. The van der Waals surface area contributed by atoms with Crippen LogP contribution in [0.2, 0.25) is 0 Å². The second kappa shape index (κ2) is 8.94. The van der Waals surface area contributed by atoms with E-state index in [1.165, 1.54) is 10.7 Å². The summed E-state index contributed by atoms with van der Waals surface area (Å²) in [7, 11) is 0. The van der Waals surface area contributed by atoms with Crippen LogP contribution in [0.25, 0.3) is 0 Å². The molecule has 1 aliphatic heterocycles. The molecule has 0 saturated carbocycles. The van der Waals surface area contributed by atoms with Gasteiger partial charge in [0.2, 0.25) is 5.91 Å². The Morgan fingerprint density at radius 1 is 1.36 bits per heavy atom. The van der Waals surface area contributed by atoms with Crippen molar-refractivity contribution in [2.75, 3.05) is 31.6 Å². The Labute approximate surface area is 163 Å². The van der Waals surface area contributed by atoms with E-state index in [2.05, 4.69) is 15.3 Å². The predicted molar refractivity (Wildman–Crippen MR) is 104 cm³/mol. The van der Waals surface area contributed by atoms with Crippen molar-refractivity contribution in [3.05, 3.63) is 51.7 Å². The van der Waals surface area contributed by atoms with Crippen LogP contribution in [0, 0.1) is 23.0 Å². The van der Waals surface area contributed by atoms with E-state index < -0.39 is 4.92 Å². The van der Waals surface area contributed by atoms with Gasteiger partial charge in [0.05, 0.1) is 42.5 Å². The van der Waals surface area contributed by atoms with Crippen LogP contribution in [0.1, 0.15) is 18.2 Å². The molecule has 1 N–H and O–H groups in total. The second-order valence-electron chi connectivity index (χ2n) is 7.06. The van der Waals surface area contributed by atoms with E-state index in [1.807, 2.05) is 24.3 Å². The smallest absolute Gasteiger partial charge is 0.379 e. The summed E-state index contributed by atoms with van der Waals surface area (Å²) in [5.41, 5.74) is 2.52. The number of rotatable bonds is 7. The molecule has 28 heavy (non-hydrogen) atoms. The maximum atomic E-state index is 12.6. The molecule has 0 aliphatic carbocycles. The van der Waals surface area contributed by atoms with Gasteiger partial charge in [0, 0.05) is 25.3 Å². The quantitative estimate of drug-likeness (QED) is 0.577. The highest BCUT2D eigenvalue weighted by molar-refractivity contribution is 5.92. The molecule has 2 heterocycles. The monoisotopic (exact) mass is 387 g/mol. The minimum atomic E-state index is -0.534. The topological polar surface area (TPSA) is 103 Å². The Bertz CT molecular complexity index is 845. The van der Waals surface area contributed by atoms with Gasteiger partial charge in [0.1, 0.15) is 0 Å². The first-order valence-corrected chi connectivity index (χ1v) is 9.31. The van der Waals surface area contributed by atoms with E-state index in [0.717, 1.165) is 44.1 Å². The number of nitrogens with one attached hydrogen (secondary N) is 1. The normalized spacial score (nSPS) is 15.9. The first-order valence-electron chi connectivity index (χ1n) is 9.31. The number of hydrogen-bond acceptors (Lipinski definition) is 6. The zero-order chi connectivity index (χ0) is 20.1. The van der Waals surface area contributed by atoms with Crippen molar-refractivity contribution in [2.45, 2.75) is 26.9 Å². The molecule has 1 saturated heterocycles. The van der Waals surface area contributed by atoms with Gasteiger partial charge >= 0.3 is 5.82 Å². The third-order valence-corrected chi connectivity index (χ3v) is 4.75. The third-order valence-electron chi connectivity index (χ3n) is 4.75. The molecule has 2 aromatic rings. The number of hydrogen-bond donors (Lipinski definition) is 1. The maximum Gasteiger partial charge on any atom is 0.390 e. The van der Waals surface area contributed by atoms with E-state index in [-0.39, 0.29) is 24.2 Å². The van der Waals surface area contributed by atoms with E-state index in [4.69, 9.17) is 4.74 Å². The molecule has 0 bridgehead atoms. The molecule has 0 spiro atoms. The Kier molecular flexibility index (Phi) is 6.37. The highest BCUT2D eigenvalue weighted by atomic mass is 16.6. The summed E-state index contributed by atoms with van der Waals surface area (Å²) in [6.45, 7) is 7.92. The highest BCUT2D eigenvalue weighted by Gasteiger charge is 2.21.